The van der Waals surface area contributed by atoms with Crippen LogP contribution in [0.3, 0.4) is 0 Å². The van der Waals surface area contributed by atoms with Gasteiger partial charge in [-0.15, -0.1) is 0 Å². The van der Waals surface area contributed by atoms with Gasteiger partial charge in [0.2, 0.25) is 0 Å². The maximum absolute atomic E-state index is 11.0. The zero-order valence-electron chi connectivity index (χ0n) is 68.5. The van der Waals surface area contributed by atoms with Crippen molar-refractivity contribution >= 4 is 0 Å². The molecule has 1 saturated heterocycles. The van der Waals surface area contributed by atoms with Gasteiger partial charge in [0.1, 0.15) is 122 Å². The van der Waals surface area contributed by atoms with Gasteiger partial charge in [-0.05, 0) is 24.7 Å². The molecule has 0 saturated carbocycles. The Labute approximate surface area is 686 Å². The van der Waals surface area contributed by atoms with Crippen molar-refractivity contribution in [2.24, 2.45) is 11.3 Å². The third-order valence-electron chi connectivity index (χ3n) is 16.7. The van der Waals surface area contributed by atoms with Gasteiger partial charge in [0.05, 0.1) is 297 Å². The van der Waals surface area contributed by atoms with E-state index in [0.717, 1.165) is 12.8 Å². The molecular formula is C74H148O43. The minimum atomic E-state index is -1.31. The highest BCUT2D eigenvalue weighted by Crippen LogP contribution is 2.23. The normalized spacial score (nSPS) is 20.5. The van der Waals surface area contributed by atoms with Crippen LogP contribution in [0.25, 0.3) is 0 Å². The first kappa shape index (κ1) is 113. The van der Waals surface area contributed by atoms with Crippen molar-refractivity contribution < 1.29 is 211 Å². The van der Waals surface area contributed by atoms with Crippen molar-refractivity contribution in [3.8, 4) is 0 Å². The van der Waals surface area contributed by atoms with Gasteiger partial charge in [0.25, 0.3) is 0 Å². The van der Waals surface area contributed by atoms with E-state index in [0.29, 0.717) is 12.8 Å². The molecule has 1 rings (SSSR count). The standard InChI is InChI=1S/C74H148O43/c1-4-7-74(2,3)51-108-47-70(116-50-73(117-49-72(112-30-62(93)16-83)45-102-24-59(90)13-80)46-107-40-68(114-32-64(95)26-99-21-56(87)10-77)38-104-36-66(111-29-61(92)15-82)34-101-23-58(89)12-79)43-106-42-69(115-48-71-44-97-18-52(5-6-53(84)27-109-71)17-96-19-54(85)8-75)41-105-39-67(113-31-63(94)25-98-20-55(86)9-76)37-103-35-65(110-28-60(91)14-81)33-100-22-57(88)11-78/h52-73,75-95H,4-51H2,1-3H3. The first-order valence-electron chi connectivity index (χ1n) is 40.0. The highest BCUT2D eigenvalue weighted by Gasteiger charge is 2.29. The molecular weight excluding hydrogens is 1580 g/mol. The van der Waals surface area contributed by atoms with Crippen molar-refractivity contribution in [3.63, 3.8) is 0 Å². The fourth-order valence-electron chi connectivity index (χ4n) is 10.1. The second-order valence-corrected chi connectivity index (χ2v) is 29.4. The lowest BCUT2D eigenvalue weighted by molar-refractivity contribution is -0.156. The average Bonchev–Trinajstić information content (AvgIpc) is 0.911. The van der Waals surface area contributed by atoms with Gasteiger partial charge >= 0.3 is 0 Å². The Bertz CT molecular complexity index is 2140. The van der Waals surface area contributed by atoms with Crippen molar-refractivity contribution in [3.05, 3.63) is 0 Å². The van der Waals surface area contributed by atoms with E-state index in [4.69, 9.17) is 104 Å². The van der Waals surface area contributed by atoms with Gasteiger partial charge in [0.15, 0.2) is 0 Å². The summed E-state index contributed by atoms with van der Waals surface area (Å²) in [6.07, 6.45) is -20.3. The highest BCUT2D eigenvalue weighted by atomic mass is 16.6. The largest absolute Gasteiger partial charge is 0.394 e. The summed E-state index contributed by atoms with van der Waals surface area (Å²) in [5, 5.41) is 207. The van der Waals surface area contributed by atoms with Crippen LogP contribution in [0.2, 0.25) is 0 Å². The molecule has 0 aromatic heterocycles. The number of ether oxygens (including phenoxy) is 22. The van der Waals surface area contributed by atoms with Crippen LogP contribution in [-0.4, -0.2) is 526 Å². The molecule has 21 N–H and O–H groups in total. The fourth-order valence-corrected chi connectivity index (χ4v) is 10.1. The van der Waals surface area contributed by atoms with E-state index < -0.39 is 188 Å². The van der Waals surface area contributed by atoms with Gasteiger partial charge < -0.3 is 211 Å². The van der Waals surface area contributed by atoms with Crippen molar-refractivity contribution in [2.75, 3.05) is 291 Å². The quantitative estimate of drug-likeness (QED) is 0.0269. The fraction of sp³-hybridized carbons (Fsp3) is 1.00. The number of aliphatic hydroxyl groups is 21. The van der Waals surface area contributed by atoms with Gasteiger partial charge in [-0.2, -0.15) is 0 Å². The van der Waals surface area contributed by atoms with Gasteiger partial charge in [-0.1, -0.05) is 27.2 Å². The number of hydrogen-bond donors (Lipinski definition) is 21. The molecule has 43 nitrogen and oxygen atoms in total. The lowest BCUT2D eigenvalue weighted by Gasteiger charge is -2.29. The molecule has 0 radical (unpaired) electrons. The van der Waals surface area contributed by atoms with Gasteiger partial charge in [0, 0.05) is 5.92 Å². The molecule has 0 amide bonds. The molecule has 117 heavy (non-hydrogen) atoms. The van der Waals surface area contributed by atoms with Crippen LogP contribution in [0.1, 0.15) is 46.5 Å². The number of aliphatic hydroxyl groups excluding tert-OH is 21. The summed E-state index contributed by atoms with van der Waals surface area (Å²) >= 11 is 0. The van der Waals surface area contributed by atoms with Crippen LogP contribution in [0.15, 0.2) is 0 Å². The lowest BCUT2D eigenvalue weighted by Crippen LogP contribution is -2.39. The van der Waals surface area contributed by atoms with Crippen molar-refractivity contribution in [1.29, 1.82) is 0 Å². The van der Waals surface area contributed by atoms with Crippen LogP contribution in [0.4, 0.5) is 0 Å². The van der Waals surface area contributed by atoms with Crippen molar-refractivity contribution in [2.45, 2.75) is 175 Å². The van der Waals surface area contributed by atoms with Gasteiger partial charge in [-0.25, -0.2) is 0 Å². The lowest BCUT2D eigenvalue weighted by atomic mass is 9.89. The third-order valence-corrected chi connectivity index (χ3v) is 16.7. The van der Waals surface area contributed by atoms with Gasteiger partial charge in [-0.3, -0.25) is 0 Å². The van der Waals surface area contributed by atoms with Crippen LogP contribution in [-0.2, 0) is 104 Å². The number of rotatable bonds is 83. The first-order valence-corrected chi connectivity index (χ1v) is 40.0. The molecule has 1 aliphatic rings. The van der Waals surface area contributed by atoms with E-state index in [1.807, 2.05) is 20.8 Å². The zero-order valence-corrected chi connectivity index (χ0v) is 68.5. The summed E-state index contributed by atoms with van der Waals surface area (Å²) in [6, 6.07) is 0. The van der Waals surface area contributed by atoms with E-state index in [1.165, 1.54) is 0 Å². The minimum absolute atomic E-state index is 0.0117. The molecule has 43 heteroatoms. The Morgan fingerprint density at radius 3 is 0.838 bits per heavy atom. The van der Waals surface area contributed by atoms with E-state index in [9.17, 15) is 107 Å². The maximum atomic E-state index is 11.0. The second kappa shape index (κ2) is 74.5. The van der Waals surface area contributed by atoms with Crippen LogP contribution < -0.4 is 0 Å². The Morgan fingerprint density at radius 2 is 0.521 bits per heavy atom. The summed E-state index contributed by atoms with van der Waals surface area (Å²) < 4.78 is 132. The Balaban J connectivity index is 3.93. The SMILES string of the molecule is CCCC(C)(C)COCC(COCC(COCC(COCC(COCC(O)CO)OCC(O)CO)OCC(O)COCC(O)CO)OCC1COCC(COCC(O)CO)CCC(O)CO1)OCC(COCC(COCC(COCC(O)CO)OCC(O)CO)OCC(O)COCC(O)CO)OCC(COCC(O)CO)OCC(O)CO. The third kappa shape index (κ3) is 64.7. The summed E-state index contributed by atoms with van der Waals surface area (Å²) in [4.78, 5) is 0. The highest BCUT2D eigenvalue weighted by molar-refractivity contribution is 4.74. The Morgan fingerprint density at radius 1 is 0.274 bits per heavy atom. The topological polar surface area (TPSA) is 628 Å². The van der Waals surface area contributed by atoms with E-state index >= 15 is 0 Å². The number of hydrogen-bond acceptors (Lipinski definition) is 43. The molecule has 702 valence electrons. The molecule has 0 aliphatic carbocycles. The second-order valence-electron chi connectivity index (χ2n) is 29.4. The zero-order chi connectivity index (χ0) is 86.7. The molecule has 0 aromatic carbocycles. The van der Waals surface area contributed by atoms with Crippen LogP contribution in [0, 0.1) is 11.3 Å². The van der Waals surface area contributed by atoms with E-state index in [-0.39, 0.29) is 243 Å². The van der Waals surface area contributed by atoms with Crippen LogP contribution in [0.5, 0.6) is 0 Å². The summed E-state index contributed by atoms with van der Waals surface area (Å²) in [5.41, 5.74) is -0.289. The summed E-state index contributed by atoms with van der Waals surface area (Å²) in [5.74, 6) is -0.199. The van der Waals surface area contributed by atoms with E-state index in [2.05, 4.69) is 0 Å². The monoisotopic (exact) mass is 1720 g/mol. The smallest absolute Gasteiger partial charge is 0.104 e. The summed E-state index contributed by atoms with van der Waals surface area (Å²) in [6.45, 7) is -6.34. The van der Waals surface area contributed by atoms with Crippen molar-refractivity contribution in [1.82, 2.24) is 0 Å². The molecule has 22 unspecified atom stereocenters. The predicted octanol–water partition coefficient (Wildman–Crippen LogP) is -9.83. The maximum Gasteiger partial charge on any atom is 0.104 e. The van der Waals surface area contributed by atoms with Crippen LogP contribution >= 0.6 is 0 Å². The first-order chi connectivity index (χ1) is 56.3. The Hall–Kier alpha value is -1.72. The summed E-state index contributed by atoms with van der Waals surface area (Å²) in [7, 11) is 0. The molecule has 22 atom stereocenters. The molecule has 0 aromatic rings. The molecule has 1 fully saturated rings. The Kier molecular flexibility index (Phi) is 72.2. The molecule has 1 aliphatic heterocycles. The predicted molar refractivity (Wildman–Crippen MR) is 406 cm³/mol. The molecule has 0 spiro atoms. The molecule has 0 bridgehead atoms. The molecule has 1 heterocycles. The average molecular weight is 1730 g/mol. The van der Waals surface area contributed by atoms with E-state index in [1.54, 1.807) is 0 Å². The minimum Gasteiger partial charge on any atom is -0.394 e.